The first-order valence-corrected chi connectivity index (χ1v) is 20.6. The second kappa shape index (κ2) is 19.4. The Kier molecular flexibility index (Phi) is 15.2. The molecule has 0 radical (unpaired) electrons. The van der Waals surface area contributed by atoms with Gasteiger partial charge in [-0.05, 0) is 100 Å². The second-order valence-corrected chi connectivity index (χ2v) is 17.2. The molecule has 57 heavy (non-hydrogen) atoms. The number of hydrogen-bond acceptors (Lipinski definition) is 7. The number of imidazole rings is 2. The lowest BCUT2D eigenvalue weighted by molar-refractivity contribution is 0.0203. The molecule has 6 rings (SSSR count). The molecule has 310 valence electrons. The lowest BCUT2D eigenvalue weighted by Gasteiger charge is -2.28. The maximum atomic E-state index is 13.0. The van der Waals surface area contributed by atoms with E-state index in [4.69, 9.17) is 19.2 Å². The van der Waals surface area contributed by atoms with Crippen LogP contribution in [0.2, 0.25) is 0 Å². The van der Waals surface area contributed by atoms with Gasteiger partial charge in [0.2, 0.25) is 0 Å². The van der Waals surface area contributed by atoms with Crippen molar-refractivity contribution in [3.63, 3.8) is 0 Å². The summed E-state index contributed by atoms with van der Waals surface area (Å²) in [5.41, 5.74) is 5.66. The van der Waals surface area contributed by atoms with Crippen molar-refractivity contribution in [1.82, 2.24) is 29.7 Å². The summed E-state index contributed by atoms with van der Waals surface area (Å²) in [5, 5.41) is 2.03. The lowest BCUT2D eigenvalue weighted by Crippen LogP contribution is -2.38. The quantitative estimate of drug-likeness (QED) is 0.152. The molecular weight excluding hydrogens is 717 g/mol. The fourth-order valence-electron chi connectivity index (χ4n) is 6.33. The van der Waals surface area contributed by atoms with E-state index in [-0.39, 0.29) is 18.1 Å². The third-order valence-corrected chi connectivity index (χ3v) is 8.40. The number of nitrogens with zero attached hydrogens (tertiary/aromatic N) is 4. The van der Waals surface area contributed by atoms with Crippen LogP contribution in [-0.2, 0) is 29.2 Å². The smallest absolute Gasteiger partial charge is 0.410 e. The number of ether oxygens (including phenoxy) is 3. The number of nitrogens with one attached hydrogen (secondary N) is 2. The van der Waals surface area contributed by atoms with Gasteiger partial charge in [-0.15, -0.1) is 0 Å². The summed E-state index contributed by atoms with van der Waals surface area (Å²) < 4.78 is 17.7. The maximum Gasteiger partial charge on any atom is 0.410 e. The van der Waals surface area contributed by atoms with Gasteiger partial charge in [-0.1, -0.05) is 79.5 Å². The molecule has 0 unspecified atom stereocenters. The van der Waals surface area contributed by atoms with Crippen LogP contribution in [0.5, 0.6) is 5.75 Å². The highest BCUT2D eigenvalue weighted by Gasteiger charge is 2.26. The molecule has 1 aliphatic heterocycles. The van der Waals surface area contributed by atoms with Crippen LogP contribution in [0.15, 0.2) is 48.7 Å². The summed E-state index contributed by atoms with van der Waals surface area (Å²) in [5.74, 6) is 2.47. The molecule has 11 nitrogen and oxygen atoms in total. The molecular formula is C46H66N6O5. The molecule has 0 saturated carbocycles. The van der Waals surface area contributed by atoms with Gasteiger partial charge in [0.1, 0.15) is 35.2 Å². The van der Waals surface area contributed by atoms with Gasteiger partial charge in [0, 0.05) is 24.0 Å². The molecule has 0 fully saturated rings. The average molecular weight is 783 g/mol. The zero-order valence-electron chi connectivity index (χ0n) is 36.7. The number of benzene rings is 3. The van der Waals surface area contributed by atoms with E-state index in [1.807, 2.05) is 54.5 Å². The highest BCUT2D eigenvalue weighted by Crippen LogP contribution is 2.42. The molecule has 5 aromatic rings. The van der Waals surface area contributed by atoms with E-state index in [1.54, 1.807) is 16.0 Å². The number of aromatic amines is 2. The van der Waals surface area contributed by atoms with Gasteiger partial charge in [-0.3, -0.25) is 0 Å². The summed E-state index contributed by atoms with van der Waals surface area (Å²) in [7, 11) is 0. The molecule has 11 heteroatoms. The number of aromatic nitrogens is 4. The van der Waals surface area contributed by atoms with E-state index >= 15 is 0 Å². The van der Waals surface area contributed by atoms with Crippen molar-refractivity contribution in [3.8, 4) is 28.1 Å². The van der Waals surface area contributed by atoms with Crippen molar-refractivity contribution < 1.29 is 23.8 Å². The minimum Gasteiger partial charge on any atom is -0.488 e. The van der Waals surface area contributed by atoms with Gasteiger partial charge >= 0.3 is 12.2 Å². The monoisotopic (exact) mass is 783 g/mol. The van der Waals surface area contributed by atoms with Crippen LogP contribution in [0.1, 0.15) is 126 Å². The third-order valence-electron chi connectivity index (χ3n) is 8.40. The highest BCUT2D eigenvalue weighted by atomic mass is 16.6. The Bertz CT molecular complexity index is 2100. The molecule has 3 aromatic carbocycles. The van der Waals surface area contributed by atoms with Crippen molar-refractivity contribution in [2.24, 2.45) is 5.92 Å². The fourth-order valence-corrected chi connectivity index (χ4v) is 6.33. The number of carbonyl (C=O) groups excluding carboxylic acids is 2. The first-order valence-electron chi connectivity index (χ1n) is 20.6. The summed E-state index contributed by atoms with van der Waals surface area (Å²) in [6, 6.07) is 14.7. The first-order chi connectivity index (χ1) is 26.9. The average Bonchev–Trinajstić information content (AvgIpc) is 3.76. The molecule has 0 atom stereocenters. The van der Waals surface area contributed by atoms with Crippen LogP contribution in [0.3, 0.4) is 0 Å². The molecule has 0 saturated heterocycles. The van der Waals surface area contributed by atoms with Crippen molar-refractivity contribution >= 4 is 34.0 Å². The van der Waals surface area contributed by atoms with Crippen molar-refractivity contribution in [2.45, 2.75) is 140 Å². The molecule has 0 aliphatic carbocycles. The first kappa shape index (κ1) is 44.7. The van der Waals surface area contributed by atoms with E-state index in [9.17, 15) is 9.59 Å². The predicted octanol–water partition coefficient (Wildman–Crippen LogP) is 12.0. The minimum absolute atomic E-state index is 0.273. The van der Waals surface area contributed by atoms with Crippen molar-refractivity contribution in [2.75, 3.05) is 13.1 Å². The standard InChI is InChI=1S/C40H50N6O5.2C3H8/c1-10-15-45(37(47)50-39(4,5)6)21-34-41-19-32(43-34)26-11-13-28-27(16-26)23-49-33-18-29-25(17-30(28)33)12-14-31-36(29)44-35(42-31)22-46(20-24(2)3)38(48)51-40(7,8)9;2*1-3-2/h11-14,16-19,24H,10,15,20-23H2,1-9H3,(H,41,43)(H,42,44);2*3H2,1-2H3. The van der Waals surface area contributed by atoms with Crippen LogP contribution in [-0.4, -0.2) is 66.2 Å². The van der Waals surface area contributed by atoms with Gasteiger partial charge in [0.15, 0.2) is 0 Å². The zero-order chi connectivity index (χ0) is 42.1. The minimum atomic E-state index is -0.584. The van der Waals surface area contributed by atoms with Crippen molar-refractivity contribution in [3.05, 3.63) is 65.9 Å². The maximum absolute atomic E-state index is 13.0. The Labute approximate surface area is 339 Å². The van der Waals surface area contributed by atoms with Gasteiger partial charge in [-0.2, -0.15) is 0 Å². The summed E-state index contributed by atoms with van der Waals surface area (Å²) in [6.45, 7) is 28.1. The van der Waals surface area contributed by atoms with Gasteiger partial charge in [0.25, 0.3) is 0 Å². The van der Waals surface area contributed by atoms with Crippen LogP contribution in [0.25, 0.3) is 44.2 Å². The van der Waals surface area contributed by atoms with Crippen LogP contribution < -0.4 is 4.74 Å². The largest absolute Gasteiger partial charge is 0.488 e. The topological polar surface area (TPSA) is 126 Å². The SMILES string of the molecule is CCC.CCC.CCCN(Cc1ncc(-c2ccc3c(c2)COc2cc4c(ccc5[nH]c(CN(CC(C)C)C(=O)OC(C)(C)C)nc54)cc2-3)[nH]1)C(=O)OC(C)(C)C. The number of hydrogen-bond donors (Lipinski definition) is 2. The second-order valence-electron chi connectivity index (χ2n) is 17.2. The number of fused-ring (bicyclic) bond motifs is 6. The van der Waals surface area contributed by atoms with E-state index in [0.29, 0.717) is 44.4 Å². The molecule has 0 bridgehead atoms. The number of rotatable bonds is 9. The number of carbonyl (C=O) groups is 2. The van der Waals surface area contributed by atoms with Crippen molar-refractivity contribution in [1.29, 1.82) is 0 Å². The normalized spacial score (nSPS) is 12.1. The van der Waals surface area contributed by atoms with Gasteiger partial charge in [0.05, 0.1) is 36.0 Å². The van der Waals surface area contributed by atoms with E-state index in [2.05, 4.69) is 92.9 Å². The van der Waals surface area contributed by atoms with E-state index < -0.39 is 11.2 Å². The molecule has 3 heterocycles. The molecule has 2 N–H and O–H groups in total. The molecule has 1 aliphatic rings. The Morgan fingerprint density at radius 2 is 1.44 bits per heavy atom. The lowest BCUT2D eigenvalue weighted by atomic mass is 9.92. The Hall–Kier alpha value is -5.06. The Balaban J connectivity index is 0.00000113. The number of amides is 2. The highest BCUT2D eigenvalue weighted by molar-refractivity contribution is 6.07. The number of H-pyrrole nitrogens is 2. The van der Waals surface area contributed by atoms with E-state index in [1.165, 1.54) is 12.8 Å². The Morgan fingerprint density at radius 1 is 0.807 bits per heavy atom. The van der Waals surface area contributed by atoms with Crippen LogP contribution in [0, 0.1) is 5.92 Å². The van der Waals surface area contributed by atoms with E-state index in [0.717, 1.165) is 61.9 Å². The van der Waals surface area contributed by atoms with Crippen LogP contribution >= 0.6 is 0 Å². The fraction of sp³-hybridized carbons (Fsp3) is 0.522. The predicted molar refractivity (Wildman–Crippen MR) is 231 cm³/mol. The summed E-state index contributed by atoms with van der Waals surface area (Å²) in [4.78, 5) is 45.6. The summed E-state index contributed by atoms with van der Waals surface area (Å²) >= 11 is 0. The summed E-state index contributed by atoms with van der Waals surface area (Å²) in [6.07, 6.45) is 4.42. The molecule has 2 amide bonds. The van der Waals surface area contributed by atoms with Gasteiger partial charge < -0.3 is 34.0 Å². The van der Waals surface area contributed by atoms with Crippen LogP contribution in [0.4, 0.5) is 9.59 Å². The zero-order valence-corrected chi connectivity index (χ0v) is 36.7. The molecule has 2 aromatic heterocycles. The molecule has 0 spiro atoms. The third kappa shape index (κ3) is 12.2. The Morgan fingerprint density at radius 3 is 2.05 bits per heavy atom. The van der Waals surface area contributed by atoms with Gasteiger partial charge in [-0.25, -0.2) is 19.6 Å².